The number of pyridine rings is 1. The lowest BCUT2D eigenvalue weighted by Crippen LogP contribution is -2.07. The van der Waals surface area contributed by atoms with Crippen molar-refractivity contribution in [2.75, 3.05) is 12.4 Å². The topological polar surface area (TPSA) is 34.1 Å². The molecule has 1 aromatic carbocycles. The first-order chi connectivity index (χ1) is 9.67. The average molecular weight is 291 g/mol. The van der Waals surface area contributed by atoms with Crippen molar-refractivity contribution in [1.29, 1.82) is 0 Å². The van der Waals surface area contributed by atoms with Crippen LogP contribution in [0.2, 0.25) is 0 Å². The number of halogens is 1. The van der Waals surface area contributed by atoms with E-state index in [1.54, 1.807) is 7.11 Å². The number of hydrogen-bond acceptors (Lipinski definition) is 3. The van der Waals surface area contributed by atoms with Crippen LogP contribution in [0.25, 0.3) is 0 Å². The Balaban J connectivity index is 2.19. The first-order valence-corrected chi connectivity index (χ1v) is 7.07. The van der Waals surface area contributed by atoms with Crippen molar-refractivity contribution in [3.05, 3.63) is 52.8 Å². The van der Waals surface area contributed by atoms with Gasteiger partial charge < -0.3 is 10.1 Å². The predicted molar refractivity (Wildman–Crippen MR) is 83.6 cm³/mol. The number of benzene rings is 1. The summed E-state index contributed by atoms with van der Waals surface area (Å²) in [6, 6.07) is 8.03. The van der Waals surface area contributed by atoms with Crippen LogP contribution in [0, 0.1) is 13.8 Å². The molecule has 1 aromatic heterocycles. The molecule has 0 aliphatic carbocycles. The van der Waals surface area contributed by atoms with Gasteiger partial charge >= 0.3 is 0 Å². The fourth-order valence-electron chi connectivity index (χ4n) is 2.24. The summed E-state index contributed by atoms with van der Waals surface area (Å²) in [6.45, 7) is 4.68. The maximum absolute atomic E-state index is 5.94. The van der Waals surface area contributed by atoms with Crippen LogP contribution in [0.5, 0.6) is 5.75 Å². The van der Waals surface area contributed by atoms with Crippen LogP contribution in [0.15, 0.2) is 30.5 Å². The monoisotopic (exact) mass is 290 g/mol. The number of nitrogens with zero attached hydrogens (tertiary/aromatic N) is 1. The number of rotatable bonds is 5. The molecule has 4 heteroatoms. The van der Waals surface area contributed by atoms with E-state index in [0.717, 1.165) is 33.8 Å². The van der Waals surface area contributed by atoms with Crippen molar-refractivity contribution in [2.45, 2.75) is 26.3 Å². The molecule has 0 fully saturated rings. The summed E-state index contributed by atoms with van der Waals surface area (Å²) in [5.74, 6) is 1.40. The third-order valence-electron chi connectivity index (χ3n) is 3.36. The SMILES string of the molecule is COc1c(C)cnc(CNc2ccccc2CCl)c1C. The van der Waals surface area contributed by atoms with E-state index in [9.17, 15) is 0 Å². The molecule has 3 nitrogen and oxygen atoms in total. The summed E-state index contributed by atoms with van der Waals surface area (Å²) in [6.07, 6.45) is 1.84. The van der Waals surface area contributed by atoms with Crippen molar-refractivity contribution in [1.82, 2.24) is 4.98 Å². The highest BCUT2D eigenvalue weighted by molar-refractivity contribution is 6.17. The van der Waals surface area contributed by atoms with Crippen LogP contribution < -0.4 is 10.1 Å². The molecular formula is C16H19ClN2O. The van der Waals surface area contributed by atoms with Gasteiger partial charge in [-0.05, 0) is 25.5 Å². The molecule has 1 heterocycles. The number of methoxy groups -OCH3 is 1. The van der Waals surface area contributed by atoms with Gasteiger partial charge in [-0.1, -0.05) is 18.2 Å². The highest BCUT2D eigenvalue weighted by Crippen LogP contribution is 2.25. The molecule has 0 aliphatic rings. The van der Waals surface area contributed by atoms with E-state index in [4.69, 9.17) is 16.3 Å². The highest BCUT2D eigenvalue weighted by Gasteiger charge is 2.09. The fraction of sp³-hybridized carbons (Fsp3) is 0.312. The Bertz CT molecular complexity index is 599. The number of alkyl halides is 1. The van der Waals surface area contributed by atoms with Crippen molar-refractivity contribution in [3.63, 3.8) is 0 Å². The van der Waals surface area contributed by atoms with Crippen LogP contribution in [-0.4, -0.2) is 12.1 Å². The molecule has 1 N–H and O–H groups in total. The van der Waals surface area contributed by atoms with Gasteiger partial charge in [0, 0.05) is 28.9 Å². The number of aromatic nitrogens is 1. The quantitative estimate of drug-likeness (QED) is 0.843. The van der Waals surface area contributed by atoms with Gasteiger partial charge in [0.2, 0.25) is 0 Å². The average Bonchev–Trinajstić information content (AvgIpc) is 2.47. The number of anilines is 1. The second-order valence-electron chi connectivity index (χ2n) is 4.69. The summed E-state index contributed by atoms with van der Waals surface area (Å²) in [4.78, 5) is 4.48. The first kappa shape index (κ1) is 14.7. The molecule has 0 saturated heterocycles. The minimum absolute atomic E-state index is 0.493. The number of para-hydroxylation sites is 1. The van der Waals surface area contributed by atoms with Gasteiger partial charge in [0.05, 0.1) is 19.3 Å². The van der Waals surface area contributed by atoms with E-state index >= 15 is 0 Å². The van der Waals surface area contributed by atoms with Gasteiger partial charge in [0.25, 0.3) is 0 Å². The van der Waals surface area contributed by atoms with E-state index in [1.807, 2.05) is 44.3 Å². The Morgan fingerprint density at radius 2 is 2.00 bits per heavy atom. The number of ether oxygens (including phenoxy) is 1. The van der Waals surface area contributed by atoms with Crippen LogP contribution in [0.1, 0.15) is 22.4 Å². The first-order valence-electron chi connectivity index (χ1n) is 6.54. The zero-order valence-corrected chi connectivity index (χ0v) is 12.8. The second kappa shape index (κ2) is 6.62. The Kier molecular flexibility index (Phi) is 4.85. The summed E-state index contributed by atoms with van der Waals surface area (Å²) < 4.78 is 5.42. The Hall–Kier alpha value is -1.74. The number of hydrogen-bond donors (Lipinski definition) is 1. The molecular weight excluding hydrogens is 272 g/mol. The Morgan fingerprint density at radius 1 is 1.25 bits per heavy atom. The van der Waals surface area contributed by atoms with E-state index in [0.29, 0.717) is 12.4 Å². The largest absolute Gasteiger partial charge is 0.496 e. The summed E-state index contributed by atoms with van der Waals surface area (Å²) >= 11 is 5.94. The Labute approximate surface area is 124 Å². The van der Waals surface area contributed by atoms with E-state index in [-0.39, 0.29) is 0 Å². The lowest BCUT2D eigenvalue weighted by molar-refractivity contribution is 0.407. The summed E-state index contributed by atoms with van der Waals surface area (Å²) in [5.41, 5.74) is 5.24. The zero-order chi connectivity index (χ0) is 14.5. The van der Waals surface area contributed by atoms with Gasteiger partial charge in [0.1, 0.15) is 5.75 Å². The fourth-order valence-corrected chi connectivity index (χ4v) is 2.47. The summed E-state index contributed by atoms with van der Waals surface area (Å²) in [5, 5.41) is 3.39. The van der Waals surface area contributed by atoms with Gasteiger partial charge in [-0.25, -0.2) is 0 Å². The van der Waals surface area contributed by atoms with Gasteiger partial charge in [0.15, 0.2) is 0 Å². The van der Waals surface area contributed by atoms with Crippen molar-refractivity contribution < 1.29 is 4.74 Å². The minimum atomic E-state index is 0.493. The van der Waals surface area contributed by atoms with Crippen LogP contribution in [0.3, 0.4) is 0 Å². The standard InChI is InChI=1S/C16H19ClN2O/c1-11-9-18-15(12(2)16(11)20-3)10-19-14-7-5-4-6-13(14)8-17/h4-7,9,19H,8,10H2,1-3H3. The molecule has 0 radical (unpaired) electrons. The van der Waals surface area contributed by atoms with Gasteiger partial charge in [-0.2, -0.15) is 0 Å². The molecule has 20 heavy (non-hydrogen) atoms. The molecule has 0 unspecified atom stereocenters. The minimum Gasteiger partial charge on any atom is -0.496 e. The van der Waals surface area contributed by atoms with Crippen LogP contribution in [-0.2, 0) is 12.4 Å². The zero-order valence-electron chi connectivity index (χ0n) is 12.0. The second-order valence-corrected chi connectivity index (χ2v) is 4.96. The van der Waals surface area contributed by atoms with Crippen LogP contribution in [0.4, 0.5) is 5.69 Å². The molecule has 0 bridgehead atoms. The maximum atomic E-state index is 5.94. The molecule has 0 aliphatic heterocycles. The number of nitrogens with one attached hydrogen (secondary N) is 1. The van der Waals surface area contributed by atoms with Crippen molar-refractivity contribution >= 4 is 17.3 Å². The molecule has 2 aromatic rings. The molecule has 0 spiro atoms. The predicted octanol–water partition coefficient (Wildman–Crippen LogP) is 4.06. The lowest BCUT2D eigenvalue weighted by Gasteiger charge is -2.14. The third kappa shape index (κ3) is 3.05. The highest BCUT2D eigenvalue weighted by atomic mass is 35.5. The van der Waals surface area contributed by atoms with Crippen molar-refractivity contribution in [2.24, 2.45) is 0 Å². The Morgan fingerprint density at radius 3 is 2.70 bits per heavy atom. The molecule has 0 saturated carbocycles. The van der Waals surface area contributed by atoms with Gasteiger partial charge in [-0.15, -0.1) is 11.6 Å². The number of aryl methyl sites for hydroxylation is 1. The molecule has 2 rings (SSSR count). The molecule has 106 valence electrons. The van der Waals surface area contributed by atoms with Crippen molar-refractivity contribution in [3.8, 4) is 5.75 Å². The molecule has 0 atom stereocenters. The van der Waals surface area contributed by atoms with Gasteiger partial charge in [-0.3, -0.25) is 4.98 Å². The maximum Gasteiger partial charge on any atom is 0.128 e. The third-order valence-corrected chi connectivity index (χ3v) is 3.65. The van der Waals surface area contributed by atoms with E-state index < -0.39 is 0 Å². The van der Waals surface area contributed by atoms with E-state index in [1.165, 1.54) is 0 Å². The smallest absolute Gasteiger partial charge is 0.128 e. The summed E-state index contributed by atoms with van der Waals surface area (Å²) in [7, 11) is 1.69. The lowest BCUT2D eigenvalue weighted by atomic mass is 10.1. The normalized spacial score (nSPS) is 10.4. The molecule has 0 amide bonds. The van der Waals surface area contributed by atoms with Crippen LogP contribution >= 0.6 is 11.6 Å². The van der Waals surface area contributed by atoms with E-state index in [2.05, 4.69) is 10.3 Å².